The van der Waals surface area contributed by atoms with Crippen molar-refractivity contribution in [3.8, 4) is 0 Å². The van der Waals surface area contributed by atoms with Crippen molar-refractivity contribution < 1.29 is 14.6 Å². The first-order chi connectivity index (χ1) is 6.04. The van der Waals surface area contributed by atoms with Gasteiger partial charge in [0.15, 0.2) is 0 Å². The van der Waals surface area contributed by atoms with E-state index in [0.29, 0.717) is 0 Å². The van der Waals surface area contributed by atoms with Crippen molar-refractivity contribution in [1.29, 1.82) is 0 Å². The Kier molecular flexibility index (Phi) is 5.39. The predicted octanol–water partition coefficient (Wildman–Crippen LogP) is 1.51. The van der Waals surface area contributed by atoms with Crippen LogP contribution in [0.4, 0.5) is 0 Å². The molecule has 0 aliphatic rings. The molecule has 0 aliphatic heterocycles. The van der Waals surface area contributed by atoms with Gasteiger partial charge in [-0.05, 0) is 25.8 Å². The number of rotatable bonds is 4. The molecule has 0 bridgehead atoms. The van der Waals surface area contributed by atoms with Gasteiger partial charge in [0, 0.05) is 0 Å². The molecule has 0 unspecified atom stereocenters. The lowest BCUT2D eigenvalue weighted by Crippen LogP contribution is -2.27. The van der Waals surface area contributed by atoms with Crippen LogP contribution in [0.25, 0.3) is 0 Å². The smallest absolute Gasteiger partial charge is 0.311 e. The van der Waals surface area contributed by atoms with E-state index in [4.69, 9.17) is 0 Å². The highest BCUT2D eigenvalue weighted by Gasteiger charge is 2.23. The van der Waals surface area contributed by atoms with Crippen LogP contribution in [0.5, 0.6) is 0 Å². The summed E-state index contributed by atoms with van der Waals surface area (Å²) in [5.74, 6) is -0.871. The first-order valence-corrected chi connectivity index (χ1v) is 4.47. The van der Waals surface area contributed by atoms with E-state index in [-0.39, 0.29) is 5.97 Å². The number of hydrogen-bond acceptors (Lipinski definition) is 3. The minimum atomic E-state index is -0.729. The van der Waals surface area contributed by atoms with Crippen LogP contribution in [0.2, 0.25) is 0 Å². The van der Waals surface area contributed by atoms with Crippen LogP contribution >= 0.6 is 0 Å². The molecular weight excluding hydrogens is 168 g/mol. The summed E-state index contributed by atoms with van der Waals surface area (Å²) >= 11 is 0. The fourth-order valence-corrected chi connectivity index (χ4v) is 1.15. The monoisotopic (exact) mass is 186 g/mol. The Balaban J connectivity index is 4.32. The van der Waals surface area contributed by atoms with Gasteiger partial charge in [-0.2, -0.15) is 0 Å². The first kappa shape index (κ1) is 12.2. The van der Waals surface area contributed by atoms with Gasteiger partial charge < -0.3 is 9.84 Å². The summed E-state index contributed by atoms with van der Waals surface area (Å²) in [7, 11) is 1.32. The molecule has 0 aromatic rings. The lowest BCUT2D eigenvalue weighted by Gasteiger charge is -2.17. The van der Waals surface area contributed by atoms with E-state index in [9.17, 15) is 9.90 Å². The summed E-state index contributed by atoms with van der Waals surface area (Å²) < 4.78 is 4.54. The quantitative estimate of drug-likeness (QED) is 0.534. The average molecular weight is 186 g/mol. The topological polar surface area (TPSA) is 46.5 Å². The molecule has 0 heterocycles. The van der Waals surface area contributed by atoms with Gasteiger partial charge in [-0.15, -0.1) is 0 Å². The molecule has 0 saturated heterocycles. The van der Waals surface area contributed by atoms with Crippen molar-refractivity contribution in [2.45, 2.75) is 33.3 Å². The van der Waals surface area contributed by atoms with Gasteiger partial charge >= 0.3 is 5.97 Å². The number of aliphatic hydroxyl groups is 1. The fraction of sp³-hybridized carbons (Fsp3) is 0.700. The van der Waals surface area contributed by atoms with Crippen LogP contribution in [-0.2, 0) is 9.53 Å². The van der Waals surface area contributed by atoms with E-state index in [0.717, 1.165) is 12.0 Å². The molecule has 3 heteroatoms. The van der Waals surface area contributed by atoms with E-state index < -0.39 is 12.0 Å². The van der Waals surface area contributed by atoms with Crippen molar-refractivity contribution in [3.63, 3.8) is 0 Å². The van der Waals surface area contributed by atoms with Crippen molar-refractivity contribution in [3.05, 3.63) is 11.6 Å². The molecule has 13 heavy (non-hydrogen) atoms. The number of aliphatic hydroxyl groups excluding tert-OH is 1. The molecule has 0 aliphatic carbocycles. The van der Waals surface area contributed by atoms with Gasteiger partial charge in [-0.25, -0.2) is 0 Å². The second-order valence-electron chi connectivity index (χ2n) is 3.11. The summed E-state index contributed by atoms with van der Waals surface area (Å²) in [6.07, 6.45) is 2.04. The lowest BCUT2D eigenvalue weighted by molar-refractivity contribution is -0.147. The maximum atomic E-state index is 11.1. The minimum Gasteiger partial charge on any atom is -0.469 e. The molecule has 3 nitrogen and oxygen atoms in total. The van der Waals surface area contributed by atoms with Crippen LogP contribution in [0.1, 0.15) is 27.2 Å². The zero-order valence-electron chi connectivity index (χ0n) is 8.70. The largest absolute Gasteiger partial charge is 0.469 e. The predicted molar refractivity (Wildman–Crippen MR) is 51.2 cm³/mol. The SMILES string of the molecule is CC/C=C(\C)[C@@H](O)[C@H](C)C(=O)OC. The van der Waals surface area contributed by atoms with Gasteiger partial charge in [0.25, 0.3) is 0 Å². The molecule has 2 atom stereocenters. The van der Waals surface area contributed by atoms with E-state index >= 15 is 0 Å². The van der Waals surface area contributed by atoms with Crippen LogP contribution in [0.15, 0.2) is 11.6 Å². The number of methoxy groups -OCH3 is 1. The molecule has 76 valence electrons. The fourth-order valence-electron chi connectivity index (χ4n) is 1.15. The Morgan fingerprint density at radius 1 is 1.62 bits per heavy atom. The van der Waals surface area contributed by atoms with Crippen LogP contribution in [0.3, 0.4) is 0 Å². The third-order valence-corrected chi connectivity index (χ3v) is 2.04. The number of ether oxygens (including phenoxy) is 1. The molecular formula is C10H18O3. The van der Waals surface area contributed by atoms with Gasteiger partial charge in [-0.1, -0.05) is 13.0 Å². The number of carbonyl (C=O) groups is 1. The normalized spacial score (nSPS) is 16.5. The van der Waals surface area contributed by atoms with Crippen LogP contribution in [0, 0.1) is 5.92 Å². The molecule has 0 amide bonds. The third kappa shape index (κ3) is 3.59. The molecule has 0 fully saturated rings. The number of esters is 1. The molecule has 0 rings (SSSR count). The molecule has 0 radical (unpaired) electrons. The van der Waals surface area contributed by atoms with Crippen LogP contribution in [-0.4, -0.2) is 24.3 Å². The molecule has 0 aromatic carbocycles. The summed E-state index contributed by atoms with van der Waals surface area (Å²) in [5.41, 5.74) is 0.820. The zero-order valence-corrected chi connectivity index (χ0v) is 8.70. The summed E-state index contributed by atoms with van der Waals surface area (Å²) in [6.45, 7) is 5.45. The number of allylic oxidation sites excluding steroid dienone is 1. The Morgan fingerprint density at radius 3 is 2.54 bits per heavy atom. The van der Waals surface area contributed by atoms with Gasteiger partial charge in [0.05, 0.1) is 19.1 Å². The standard InChI is InChI=1S/C10H18O3/c1-5-6-7(2)9(11)8(3)10(12)13-4/h6,8-9,11H,5H2,1-4H3/b7-6+/t8-,9+/m0/s1. The van der Waals surface area contributed by atoms with Gasteiger partial charge in [0.2, 0.25) is 0 Å². The second-order valence-corrected chi connectivity index (χ2v) is 3.11. The summed E-state index contributed by atoms with van der Waals surface area (Å²) in [4.78, 5) is 11.1. The summed E-state index contributed by atoms with van der Waals surface area (Å²) in [5, 5.41) is 9.65. The highest BCUT2D eigenvalue weighted by Crippen LogP contribution is 2.13. The molecule has 0 spiro atoms. The van der Waals surface area contributed by atoms with Crippen molar-refractivity contribution in [1.82, 2.24) is 0 Å². The Hall–Kier alpha value is -0.830. The zero-order chi connectivity index (χ0) is 10.4. The maximum absolute atomic E-state index is 11.1. The van der Waals surface area contributed by atoms with E-state index in [1.165, 1.54) is 7.11 Å². The number of hydrogen-bond donors (Lipinski definition) is 1. The maximum Gasteiger partial charge on any atom is 0.311 e. The third-order valence-electron chi connectivity index (χ3n) is 2.04. The lowest BCUT2D eigenvalue weighted by atomic mass is 9.98. The van der Waals surface area contributed by atoms with E-state index in [2.05, 4.69) is 4.74 Å². The van der Waals surface area contributed by atoms with E-state index in [1.54, 1.807) is 6.92 Å². The Labute approximate surface area is 79.4 Å². The average Bonchev–Trinajstić information content (AvgIpc) is 2.14. The minimum absolute atomic E-state index is 0.378. The highest BCUT2D eigenvalue weighted by molar-refractivity contribution is 5.73. The molecule has 1 N–H and O–H groups in total. The Bertz CT molecular complexity index is 196. The van der Waals surface area contributed by atoms with Gasteiger partial charge in [-0.3, -0.25) is 4.79 Å². The van der Waals surface area contributed by atoms with Crippen molar-refractivity contribution in [2.24, 2.45) is 5.92 Å². The van der Waals surface area contributed by atoms with Crippen molar-refractivity contribution >= 4 is 5.97 Å². The summed E-state index contributed by atoms with van der Waals surface area (Å²) in [6, 6.07) is 0. The highest BCUT2D eigenvalue weighted by atomic mass is 16.5. The van der Waals surface area contributed by atoms with E-state index in [1.807, 2.05) is 19.9 Å². The second kappa shape index (κ2) is 5.75. The molecule has 0 aromatic heterocycles. The van der Waals surface area contributed by atoms with Gasteiger partial charge in [0.1, 0.15) is 0 Å². The molecule has 0 saturated carbocycles. The number of carbonyl (C=O) groups excluding carboxylic acids is 1. The first-order valence-electron chi connectivity index (χ1n) is 4.47. The van der Waals surface area contributed by atoms with Crippen molar-refractivity contribution in [2.75, 3.05) is 7.11 Å². The van der Waals surface area contributed by atoms with Crippen LogP contribution < -0.4 is 0 Å². The Morgan fingerprint density at radius 2 is 2.15 bits per heavy atom.